The lowest BCUT2D eigenvalue weighted by atomic mass is 10.3. The van der Waals surface area contributed by atoms with Crippen LogP contribution >= 0.6 is 11.8 Å². The lowest BCUT2D eigenvalue weighted by Crippen LogP contribution is -2.15. The van der Waals surface area contributed by atoms with Crippen LogP contribution in [0.15, 0.2) is 28.4 Å². The fourth-order valence-electron chi connectivity index (χ4n) is 1.77. The Hall–Kier alpha value is -2.09. The van der Waals surface area contributed by atoms with Gasteiger partial charge in [0.25, 0.3) is 0 Å². The molecule has 1 heterocycles. The molecule has 7 nitrogen and oxygen atoms in total. The maximum atomic E-state index is 11.4. The van der Waals surface area contributed by atoms with E-state index in [-0.39, 0.29) is 12.6 Å². The number of nitroso groups, excluding NO2 is 1. The third-order valence-corrected chi connectivity index (χ3v) is 3.85. The molecule has 2 rings (SSSR count). The van der Waals surface area contributed by atoms with E-state index in [0.29, 0.717) is 11.0 Å². The topological polar surface area (TPSA) is 85.6 Å². The van der Waals surface area contributed by atoms with Crippen molar-refractivity contribution in [1.82, 2.24) is 9.66 Å². The number of hydrogen-bond acceptors (Lipinski definition) is 6. The van der Waals surface area contributed by atoms with Gasteiger partial charge in [-0.1, -0.05) is 6.92 Å². The van der Waals surface area contributed by atoms with Crippen LogP contribution < -0.4 is 5.32 Å². The minimum absolute atomic E-state index is 0.0519. The van der Waals surface area contributed by atoms with Crippen LogP contribution in [0.25, 0.3) is 11.0 Å². The second-order valence-electron chi connectivity index (χ2n) is 4.17. The number of thioether (sulfide) groups is 1. The Morgan fingerprint density at radius 3 is 2.95 bits per heavy atom. The van der Waals surface area contributed by atoms with Crippen molar-refractivity contribution >= 4 is 34.8 Å². The number of carbonyl (C=O) groups excluding carboxylic acids is 1. The quantitative estimate of drug-likeness (QED) is 0.650. The molecule has 0 aliphatic carbocycles. The SMILES string of the molecule is CCCSc1ccc2nc(NC(=O)OCC)n(N=O)c2c1. The van der Waals surface area contributed by atoms with Crippen LogP contribution in [0.2, 0.25) is 0 Å². The van der Waals surface area contributed by atoms with E-state index < -0.39 is 6.09 Å². The van der Waals surface area contributed by atoms with Crippen LogP contribution in [0.3, 0.4) is 0 Å². The normalized spacial score (nSPS) is 10.6. The molecule has 0 radical (unpaired) electrons. The van der Waals surface area contributed by atoms with E-state index in [4.69, 9.17) is 4.74 Å². The molecule has 0 aliphatic rings. The zero-order valence-electron chi connectivity index (χ0n) is 11.8. The van der Waals surface area contributed by atoms with Crippen molar-refractivity contribution in [1.29, 1.82) is 0 Å². The summed E-state index contributed by atoms with van der Waals surface area (Å²) in [5.74, 6) is 1.04. The molecule has 0 fully saturated rings. The summed E-state index contributed by atoms with van der Waals surface area (Å²) in [7, 11) is 0. The summed E-state index contributed by atoms with van der Waals surface area (Å²) in [6.45, 7) is 4.03. The predicted octanol–water partition coefficient (Wildman–Crippen LogP) is 3.64. The van der Waals surface area contributed by atoms with Crippen LogP contribution in [-0.4, -0.2) is 28.1 Å². The molecule has 8 heteroatoms. The Balaban J connectivity index is 2.34. The summed E-state index contributed by atoms with van der Waals surface area (Å²) >= 11 is 1.69. The summed E-state index contributed by atoms with van der Waals surface area (Å²) in [5, 5.41) is 5.32. The summed E-state index contributed by atoms with van der Waals surface area (Å²) in [6, 6.07) is 5.56. The summed E-state index contributed by atoms with van der Waals surface area (Å²) < 4.78 is 5.82. The number of fused-ring (bicyclic) bond motifs is 1. The highest BCUT2D eigenvalue weighted by Gasteiger charge is 2.15. The highest BCUT2D eigenvalue weighted by molar-refractivity contribution is 7.99. The molecule has 2 aromatic rings. The maximum Gasteiger partial charge on any atom is 0.414 e. The van der Waals surface area contributed by atoms with E-state index in [2.05, 4.69) is 22.5 Å². The zero-order chi connectivity index (χ0) is 15.2. The number of nitrogens with zero attached hydrogens (tertiary/aromatic N) is 3. The molecule has 0 bridgehead atoms. The number of carbonyl (C=O) groups is 1. The Morgan fingerprint density at radius 1 is 1.48 bits per heavy atom. The van der Waals surface area contributed by atoms with E-state index in [1.807, 2.05) is 12.1 Å². The molecule has 0 aliphatic heterocycles. The molecule has 1 aromatic carbocycles. The van der Waals surface area contributed by atoms with Gasteiger partial charge in [0.15, 0.2) is 0 Å². The lowest BCUT2D eigenvalue weighted by Gasteiger charge is -2.03. The van der Waals surface area contributed by atoms with Crippen LogP contribution in [0.1, 0.15) is 20.3 Å². The van der Waals surface area contributed by atoms with Crippen LogP contribution in [0.5, 0.6) is 0 Å². The first kappa shape index (κ1) is 15.3. The van der Waals surface area contributed by atoms with Crippen molar-refractivity contribution in [2.45, 2.75) is 25.2 Å². The van der Waals surface area contributed by atoms with E-state index in [0.717, 1.165) is 21.7 Å². The van der Waals surface area contributed by atoms with Gasteiger partial charge in [-0.3, -0.25) is 5.32 Å². The second-order valence-corrected chi connectivity index (χ2v) is 5.34. The Bertz CT molecular complexity index is 656. The molecular formula is C13H16N4O3S. The van der Waals surface area contributed by atoms with Crippen molar-refractivity contribution in [2.75, 3.05) is 17.7 Å². The number of amides is 1. The summed E-state index contributed by atoms with van der Waals surface area (Å²) in [4.78, 5) is 27.7. The van der Waals surface area contributed by atoms with Gasteiger partial charge in [0.1, 0.15) is 0 Å². The Kier molecular flexibility index (Phi) is 5.15. The summed E-state index contributed by atoms with van der Waals surface area (Å²) in [5.41, 5.74) is 1.14. The first-order valence-electron chi connectivity index (χ1n) is 6.62. The summed E-state index contributed by atoms with van der Waals surface area (Å²) in [6.07, 6.45) is 0.391. The van der Waals surface area contributed by atoms with Crippen molar-refractivity contribution in [3.63, 3.8) is 0 Å². The van der Waals surface area contributed by atoms with Crippen LogP contribution in [0, 0.1) is 4.91 Å². The average Bonchev–Trinajstić information content (AvgIpc) is 2.81. The number of benzene rings is 1. The van der Waals surface area contributed by atoms with Crippen LogP contribution in [-0.2, 0) is 4.74 Å². The number of ether oxygens (including phenoxy) is 1. The van der Waals surface area contributed by atoms with Gasteiger partial charge in [0.2, 0.25) is 5.95 Å². The second kappa shape index (κ2) is 7.07. The van der Waals surface area contributed by atoms with E-state index >= 15 is 0 Å². The van der Waals surface area contributed by atoms with E-state index in [9.17, 15) is 9.70 Å². The molecular weight excluding hydrogens is 292 g/mol. The fraction of sp³-hybridized carbons (Fsp3) is 0.385. The maximum absolute atomic E-state index is 11.4. The first-order chi connectivity index (χ1) is 10.2. The standard InChI is InChI=1S/C13H16N4O3S/c1-3-7-21-9-5-6-10-11(8-9)17(16-19)12(14-10)15-13(18)20-4-2/h5-6,8H,3-4,7H2,1-2H3,(H,14,15,18). The predicted molar refractivity (Wildman–Crippen MR) is 82.6 cm³/mol. The van der Waals surface area contributed by atoms with Crippen molar-refractivity contribution in [3.8, 4) is 0 Å². The molecule has 0 unspecified atom stereocenters. The zero-order valence-corrected chi connectivity index (χ0v) is 12.6. The third-order valence-electron chi connectivity index (χ3n) is 2.65. The highest BCUT2D eigenvalue weighted by atomic mass is 32.2. The van der Waals surface area contributed by atoms with Gasteiger partial charge in [-0.2, -0.15) is 4.68 Å². The number of aromatic nitrogens is 2. The molecule has 0 saturated carbocycles. The number of rotatable bonds is 6. The molecule has 0 spiro atoms. The van der Waals surface area contributed by atoms with Gasteiger partial charge < -0.3 is 4.74 Å². The molecule has 21 heavy (non-hydrogen) atoms. The largest absolute Gasteiger partial charge is 0.450 e. The molecule has 0 atom stereocenters. The molecule has 0 saturated heterocycles. The number of imidazole rings is 1. The van der Waals surface area contributed by atoms with Crippen molar-refractivity contribution in [2.24, 2.45) is 5.29 Å². The fourth-order valence-corrected chi connectivity index (χ4v) is 2.57. The van der Waals surface area contributed by atoms with Gasteiger partial charge in [0, 0.05) is 4.90 Å². The molecule has 1 N–H and O–H groups in total. The van der Waals surface area contributed by atoms with Gasteiger partial charge in [-0.15, -0.1) is 16.7 Å². The first-order valence-corrected chi connectivity index (χ1v) is 7.60. The van der Waals surface area contributed by atoms with E-state index in [1.165, 1.54) is 0 Å². The Labute approximate surface area is 126 Å². The third kappa shape index (κ3) is 3.52. The minimum atomic E-state index is -0.668. The number of anilines is 1. The highest BCUT2D eigenvalue weighted by Crippen LogP contribution is 2.26. The average molecular weight is 308 g/mol. The molecule has 112 valence electrons. The van der Waals surface area contributed by atoms with Gasteiger partial charge in [-0.25, -0.2) is 9.78 Å². The Morgan fingerprint density at radius 2 is 2.29 bits per heavy atom. The van der Waals surface area contributed by atoms with Gasteiger partial charge in [0.05, 0.1) is 22.9 Å². The van der Waals surface area contributed by atoms with Gasteiger partial charge >= 0.3 is 6.09 Å². The number of hydrogen-bond donors (Lipinski definition) is 1. The van der Waals surface area contributed by atoms with E-state index in [1.54, 1.807) is 24.8 Å². The van der Waals surface area contributed by atoms with Crippen LogP contribution in [0.4, 0.5) is 10.7 Å². The monoisotopic (exact) mass is 308 g/mol. The number of nitrogens with one attached hydrogen (secondary N) is 1. The van der Waals surface area contributed by atoms with Gasteiger partial charge in [-0.05, 0) is 37.3 Å². The molecule has 1 aromatic heterocycles. The van der Waals surface area contributed by atoms with Crippen molar-refractivity contribution in [3.05, 3.63) is 23.1 Å². The van der Waals surface area contributed by atoms with Crippen molar-refractivity contribution < 1.29 is 9.53 Å². The molecule has 1 amide bonds. The lowest BCUT2D eigenvalue weighted by molar-refractivity contribution is 0.167. The smallest absolute Gasteiger partial charge is 0.414 e. The minimum Gasteiger partial charge on any atom is -0.450 e.